The van der Waals surface area contributed by atoms with Gasteiger partial charge >= 0.3 is 5.97 Å². The zero-order chi connectivity index (χ0) is 13.3. The third-order valence-corrected chi connectivity index (χ3v) is 3.02. The number of carbonyl (C=O) groups excluding carboxylic acids is 1. The lowest BCUT2D eigenvalue weighted by molar-refractivity contribution is 0.00745. The summed E-state index contributed by atoms with van der Waals surface area (Å²) in [6, 6.07) is 0. The van der Waals surface area contributed by atoms with E-state index in [9.17, 15) is 13.6 Å². The third-order valence-electron chi connectivity index (χ3n) is 3.02. The summed E-state index contributed by atoms with van der Waals surface area (Å²) in [4.78, 5) is 15.5. The summed E-state index contributed by atoms with van der Waals surface area (Å²) < 4.78 is 32.5. The molecule has 1 saturated carbocycles. The van der Waals surface area contributed by atoms with Gasteiger partial charge in [0.15, 0.2) is 0 Å². The summed E-state index contributed by atoms with van der Waals surface area (Å²) >= 11 is 0. The first-order valence-corrected chi connectivity index (χ1v) is 5.89. The molecular formula is C11H15F2N3O2. The van der Waals surface area contributed by atoms with Gasteiger partial charge in [-0.1, -0.05) is 0 Å². The highest BCUT2D eigenvalue weighted by Gasteiger charge is 2.42. The van der Waals surface area contributed by atoms with Crippen molar-refractivity contribution in [3.05, 3.63) is 11.6 Å². The monoisotopic (exact) mass is 259 g/mol. The van der Waals surface area contributed by atoms with Crippen molar-refractivity contribution in [3.63, 3.8) is 0 Å². The van der Waals surface area contributed by atoms with Gasteiger partial charge in [-0.25, -0.2) is 18.6 Å². The van der Waals surface area contributed by atoms with Gasteiger partial charge in [0.05, 0.1) is 6.61 Å². The van der Waals surface area contributed by atoms with Crippen molar-refractivity contribution in [2.24, 2.45) is 7.05 Å². The second-order valence-electron chi connectivity index (χ2n) is 4.43. The van der Waals surface area contributed by atoms with Crippen molar-refractivity contribution in [2.75, 3.05) is 6.61 Å². The van der Waals surface area contributed by atoms with Gasteiger partial charge in [0.25, 0.3) is 5.82 Å². The van der Waals surface area contributed by atoms with Crippen LogP contribution in [0.1, 0.15) is 48.5 Å². The normalized spacial score (nSPS) is 22.1. The van der Waals surface area contributed by atoms with Gasteiger partial charge in [0, 0.05) is 25.8 Å². The van der Waals surface area contributed by atoms with E-state index in [1.165, 1.54) is 4.68 Å². The largest absolute Gasteiger partial charge is 0.460 e. The van der Waals surface area contributed by atoms with Crippen LogP contribution >= 0.6 is 0 Å². The van der Waals surface area contributed by atoms with Gasteiger partial charge in [0.1, 0.15) is 5.82 Å². The molecule has 7 heteroatoms. The van der Waals surface area contributed by atoms with Gasteiger partial charge in [0.2, 0.25) is 5.92 Å². The van der Waals surface area contributed by atoms with Crippen LogP contribution in [0.15, 0.2) is 0 Å². The number of halogens is 2. The molecule has 0 bridgehead atoms. The first kappa shape index (κ1) is 12.9. The first-order valence-electron chi connectivity index (χ1n) is 5.89. The molecular weight excluding hydrogens is 244 g/mol. The Morgan fingerprint density at radius 3 is 2.89 bits per heavy atom. The summed E-state index contributed by atoms with van der Waals surface area (Å²) in [5.74, 6) is -3.25. The lowest BCUT2D eigenvalue weighted by atomic mass is 10.1. The minimum absolute atomic E-state index is 0.0652. The standard InChI is InChI=1S/C11H15F2N3O2/c1-3-18-10(17)8-14-9(16(2)15-8)7-4-5-11(12,13)6-7/h7H,3-6H2,1-2H3. The number of alkyl halides is 2. The number of aromatic nitrogens is 3. The Balaban J connectivity index is 2.17. The molecule has 100 valence electrons. The maximum Gasteiger partial charge on any atom is 0.378 e. The van der Waals surface area contributed by atoms with Crippen LogP contribution in [0.4, 0.5) is 8.78 Å². The van der Waals surface area contributed by atoms with E-state index < -0.39 is 11.9 Å². The number of hydrogen-bond acceptors (Lipinski definition) is 4. The van der Waals surface area contributed by atoms with E-state index in [1.54, 1.807) is 14.0 Å². The minimum atomic E-state index is -2.64. The smallest absolute Gasteiger partial charge is 0.378 e. The molecule has 5 nitrogen and oxygen atoms in total. The number of esters is 1. The number of carbonyl (C=O) groups is 1. The minimum Gasteiger partial charge on any atom is -0.460 e. The summed E-state index contributed by atoms with van der Waals surface area (Å²) in [7, 11) is 1.60. The van der Waals surface area contributed by atoms with Gasteiger partial charge in [-0.15, -0.1) is 5.10 Å². The lowest BCUT2D eigenvalue weighted by Crippen LogP contribution is -2.11. The molecule has 1 aliphatic carbocycles. The molecule has 1 atom stereocenters. The average molecular weight is 259 g/mol. The summed E-state index contributed by atoms with van der Waals surface area (Å²) in [5, 5.41) is 3.91. The molecule has 0 spiro atoms. The zero-order valence-corrected chi connectivity index (χ0v) is 10.3. The van der Waals surface area contributed by atoms with Crippen molar-refractivity contribution in [2.45, 2.75) is 38.0 Å². The Hall–Kier alpha value is -1.53. The Morgan fingerprint density at radius 1 is 1.61 bits per heavy atom. The van der Waals surface area contributed by atoms with Crippen LogP contribution in [0.3, 0.4) is 0 Å². The molecule has 2 rings (SSSR count). The molecule has 1 fully saturated rings. The number of aryl methyl sites for hydroxylation is 1. The van der Waals surface area contributed by atoms with Gasteiger partial charge in [-0.2, -0.15) is 0 Å². The second-order valence-corrected chi connectivity index (χ2v) is 4.43. The number of ether oxygens (including phenoxy) is 1. The topological polar surface area (TPSA) is 57.0 Å². The molecule has 1 unspecified atom stereocenters. The van der Waals surface area contributed by atoms with Crippen LogP contribution in [-0.4, -0.2) is 33.3 Å². The van der Waals surface area contributed by atoms with Crippen molar-refractivity contribution >= 4 is 5.97 Å². The Labute approximate surface area is 103 Å². The molecule has 1 aromatic heterocycles. The van der Waals surface area contributed by atoms with Crippen LogP contribution in [0, 0.1) is 0 Å². The van der Waals surface area contributed by atoms with Crippen LogP contribution in [0.5, 0.6) is 0 Å². The van der Waals surface area contributed by atoms with E-state index in [4.69, 9.17) is 4.74 Å². The molecule has 18 heavy (non-hydrogen) atoms. The van der Waals surface area contributed by atoms with Crippen molar-refractivity contribution in [1.82, 2.24) is 14.8 Å². The fraction of sp³-hybridized carbons (Fsp3) is 0.727. The predicted octanol–water partition coefficient (Wildman–Crippen LogP) is 1.89. The first-order chi connectivity index (χ1) is 8.43. The SMILES string of the molecule is CCOC(=O)c1nc(C2CCC(F)(F)C2)n(C)n1. The van der Waals surface area contributed by atoms with E-state index in [1.807, 2.05) is 0 Å². The van der Waals surface area contributed by atoms with Gasteiger partial charge in [-0.3, -0.25) is 4.68 Å². The Bertz CT molecular complexity index is 459. The highest BCUT2D eigenvalue weighted by molar-refractivity contribution is 5.85. The van der Waals surface area contributed by atoms with Gasteiger partial charge in [-0.05, 0) is 13.3 Å². The van der Waals surface area contributed by atoms with E-state index >= 15 is 0 Å². The average Bonchev–Trinajstić information content (AvgIpc) is 2.82. The van der Waals surface area contributed by atoms with E-state index in [0.29, 0.717) is 12.2 Å². The Morgan fingerprint density at radius 2 is 2.33 bits per heavy atom. The molecule has 0 amide bonds. The molecule has 1 aliphatic rings. The lowest BCUT2D eigenvalue weighted by Gasteiger charge is -2.09. The quantitative estimate of drug-likeness (QED) is 0.778. The molecule has 0 saturated heterocycles. The van der Waals surface area contributed by atoms with E-state index in [0.717, 1.165) is 0 Å². The van der Waals surface area contributed by atoms with Crippen LogP contribution in [0.2, 0.25) is 0 Å². The maximum absolute atomic E-state index is 13.1. The Kier molecular flexibility index (Phi) is 3.32. The second kappa shape index (κ2) is 4.62. The van der Waals surface area contributed by atoms with E-state index in [-0.39, 0.29) is 31.2 Å². The van der Waals surface area contributed by atoms with Crippen molar-refractivity contribution < 1.29 is 18.3 Å². The summed E-state index contributed by atoms with van der Waals surface area (Å²) in [5.41, 5.74) is 0. The van der Waals surface area contributed by atoms with Crippen LogP contribution in [-0.2, 0) is 11.8 Å². The predicted molar refractivity (Wildman–Crippen MR) is 58.5 cm³/mol. The maximum atomic E-state index is 13.1. The van der Waals surface area contributed by atoms with E-state index in [2.05, 4.69) is 10.1 Å². The molecule has 0 aliphatic heterocycles. The molecule has 0 radical (unpaired) electrons. The number of nitrogens with zero attached hydrogens (tertiary/aromatic N) is 3. The number of hydrogen-bond donors (Lipinski definition) is 0. The highest BCUT2D eigenvalue weighted by atomic mass is 19.3. The van der Waals surface area contributed by atoms with Crippen molar-refractivity contribution in [1.29, 1.82) is 0 Å². The molecule has 1 aromatic rings. The van der Waals surface area contributed by atoms with Crippen LogP contribution < -0.4 is 0 Å². The molecule has 1 heterocycles. The summed E-state index contributed by atoms with van der Waals surface area (Å²) in [6.45, 7) is 1.91. The fourth-order valence-corrected chi connectivity index (χ4v) is 2.20. The van der Waals surface area contributed by atoms with Crippen molar-refractivity contribution in [3.8, 4) is 0 Å². The third kappa shape index (κ3) is 2.49. The summed E-state index contributed by atoms with van der Waals surface area (Å²) in [6.07, 6.45) is -0.0110. The molecule has 0 N–H and O–H groups in total. The number of rotatable bonds is 3. The van der Waals surface area contributed by atoms with Crippen LogP contribution in [0.25, 0.3) is 0 Å². The molecule has 0 aromatic carbocycles. The highest BCUT2D eigenvalue weighted by Crippen LogP contribution is 2.43. The van der Waals surface area contributed by atoms with Gasteiger partial charge < -0.3 is 4.74 Å². The zero-order valence-electron chi connectivity index (χ0n) is 10.3. The fourth-order valence-electron chi connectivity index (χ4n) is 2.20.